The van der Waals surface area contributed by atoms with Crippen molar-refractivity contribution in [3.8, 4) is 0 Å². The molecule has 2 fully saturated rings. The van der Waals surface area contributed by atoms with E-state index in [-0.39, 0.29) is 0 Å². The molecule has 174 valence electrons. The normalized spacial score (nSPS) is 40.4. The molecule has 0 aromatic carbocycles. The number of hydrogen-bond donors (Lipinski definition) is 0. The van der Waals surface area contributed by atoms with Gasteiger partial charge < -0.3 is 25.3 Å². The molecule has 6 heteroatoms. The quantitative estimate of drug-likeness (QED) is 0.193. The third kappa shape index (κ3) is 12.0. The molecule has 2 saturated carbocycles. The summed E-state index contributed by atoms with van der Waals surface area (Å²) in [6, 6.07) is 0. The van der Waals surface area contributed by atoms with E-state index in [9.17, 15) is 0 Å². The zero-order valence-corrected chi connectivity index (χ0v) is 26.7. The molecule has 28 heavy (non-hydrogen) atoms. The first kappa shape index (κ1) is 37.8. The van der Waals surface area contributed by atoms with Gasteiger partial charge in [-0.25, -0.2) is 0 Å². The van der Waals surface area contributed by atoms with Crippen LogP contribution in [0.4, 0.5) is 0 Å². The van der Waals surface area contributed by atoms with Crippen molar-refractivity contribution in [2.75, 3.05) is 12.5 Å². The molecule has 0 bridgehead atoms. The Morgan fingerprint density at radius 1 is 0.321 bits per heavy atom. The first-order valence-corrected chi connectivity index (χ1v) is 16.3. The van der Waals surface area contributed by atoms with Crippen molar-refractivity contribution in [3.63, 3.8) is 0 Å². The van der Waals surface area contributed by atoms with Crippen LogP contribution in [0.2, 0.25) is 0 Å². The predicted octanol–water partition coefficient (Wildman–Crippen LogP) is 8.06. The van der Waals surface area contributed by atoms with E-state index in [4.69, 9.17) is 0 Å². The van der Waals surface area contributed by atoms with Gasteiger partial charge in [0, 0.05) is 0 Å². The van der Waals surface area contributed by atoms with Crippen LogP contribution in [-0.4, -0.2) is 12.5 Å². The SMILES string of the molecule is CC1C(C)C(C)C(C)C1C.CC1C(C)C(C)C(C)C1C.C[S-].C[S-].[Cl][Ru+2].[Cl][Ru+2]. The third-order valence-corrected chi connectivity index (χ3v) is 8.29. The molecule has 0 aromatic rings. The summed E-state index contributed by atoms with van der Waals surface area (Å²) in [7, 11) is 9.14. The molecule has 2 aliphatic carbocycles. The van der Waals surface area contributed by atoms with Gasteiger partial charge in [-0.1, -0.05) is 69.2 Å². The zero-order chi connectivity index (χ0) is 23.8. The summed E-state index contributed by atoms with van der Waals surface area (Å²) < 4.78 is 0. The van der Waals surface area contributed by atoms with E-state index in [0.717, 1.165) is 59.2 Å². The van der Waals surface area contributed by atoms with Crippen molar-refractivity contribution in [1.29, 1.82) is 0 Å². The summed E-state index contributed by atoms with van der Waals surface area (Å²) in [6.07, 6.45) is 3.17. The van der Waals surface area contributed by atoms with Gasteiger partial charge in [-0.3, -0.25) is 0 Å². The Hall–Kier alpha value is 2.53. The summed E-state index contributed by atoms with van der Waals surface area (Å²) in [5, 5.41) is 0. The number of halogens is 2. The zero-order valence-electron chi connectivity index (χ0n) is 20.1. The molecule has 0 spiro atoms. The predicted molar refractivity (Wildman–Crippen MR) is 130 cm³/mol. The van der Waals surface area contributed by atoms with Crippen molar-refractivity contribution >= 4 is 44.6 Å². The van der Waals surface area contributed by atoms with Gasteiger partial charge >= 0.3 is 54.0 Å². The van der Waals surface area contributed by atoms with E-state index in [0.29, 0.717) is 0 Å². The first-order chi connectivity index (χ1) is 13.1. The minimum absolute atomic E-state index is 0.935. The first-order valence-electron chi connectivity index (χ1n) is 10.2. The van der Waals surface area contributed by atoms with Crippen molar-refractivity contribution < 1.29 is 34.6 Å². The fraction of sp³-hybridized carbons (Fsp3) is 1.00. The minimum atomic E-state index is 0.935. The molecule has 0 aromatic heterocycles. The molecule has 2 rings (SSSR count). The van der Waals surface area contributed by atoms with Crippen LogP contribution in [-0.2, 0) is 59.9 Å². The topological polar surface area (TPSA) is 0 Å². The summed E-state index contributed by atoms with van der Waals surface area (Å²) >= 11 is 11.8. The van der Waals surface area contributed by atoms with Crippen LogP contribution in [0.3, 0.4) is 0 Å². The molecule has 0 amide bonds. The average molecular weight is 648 g/mol. The van der Waals surface area contributed by atoms with E-state index >= 15 is 0 Å². The molecule has 0 aliphatic heterocycles. The Labute approximate surface area is 218 Å². The van der Waals surface area contributed by atoms with Crippen LogP contribution in [0.5, 0.6) is 0 Å². The molecule has 0 radical (unpaired) electrons. The monoisotopic (exact) mass is 648 g/mol. The molecular weight excluding hydrogens is 601 g/mol. The van der Waals surface area contributed by atoms with Crippen LogP contribution in [0, 0.1) is 59.2 Å². The third-order valence-electron chi connectivity index (χ3n) is 8.29. The molecule has 0 heterocycles. The van der Waals surface area contributed by atoms with Crippen LogP contribution in [0.1, 0.15) is 69.2 Å². The van der Waals surface area contributed by atoms with Gasteiger partial charge in [0.1, 0.15) is 0 Å². The van der Waals surface area contributed by atoms with E-state index in [2.05, 4.69) is 114 Å². The summed E-state index contributed by atoms with van der Waals surface area (Å²) in [6.45, 7) is 24.0. The fourth-order valence-electron chi connectivity index (χ4n) is 4.79. The van der Waals surface area contributed by atoms with Crippen LogP contribution in [0.15, 0.2) is 0 Å². The Morgan fingerprint density at radius 3 is 0.393 bits per heavy atom. The average Bonchev–Trinajstić information content (AvgIpc) is 3.04. The van der Waals surface area contributed by atoms with Gasteiger partial charge in [0.15, 0.2) is 0 Å². The molecule has 0 saturated heterocycles. The Bertz CT molecular complexity index is 205. The maximum atomic E-state index is 4.57. The molecule has 0 N–H and O–H groups in total. The molecule has 0 nitrogen and oxygen atoms in total. The van der Waals surface area contributed by atoms with E-state index in [1.165, 1.54) is 0 Å². The standard InChI is InChI=1S/2C10H20.2CH4S.2ClH.2Ru/c2*1-6-7(2)9(4)10(5)8(6)3;2*1-2;;;;/h2*6-10H,1-5H3;2*2H,1H3;2*1H;;/q;;;;;;2*+3/p-4. The van der Waals surface area contributed by atoms with Gasteiger partial charge in [-0.15, -0.1) is 0 Å². The maximum absolute atomic E-state index is 4.57. The molecule has 0 atom stereocenters. The van der Waals surface area contributed by atoms with Gasteiger partial charge in [-0.2, -0.15) is 12.5 Å². The number of rotatable bonds is 0. The summed E-state index contributed by atoms with van der Waals surface area (Å²) in [5.41, 5.74) is 0. The Morgan fingerprint density at radius 2 is 0.357 bits per heavy atom. The second-order valence-corrected chi connectivity index (χ2v) is 8.59. The van der Waals surface area contributed by atoms with Crippen molar-refractivity contribution in [3.05, 3.63) is 0 Å². The fourth-order valence-corrected chi connectivity index (χ4v) is 4.79. The van der Waals surface area contributed by atoms with Gasteiger partial charge in [0.25, 0.3) is 0 Å². The van der Waals surface area contributed by atoms with Gasteiger partial charge in [-0.05, 0) is 59.2 Å². The van der Waals surface area contributed by atoms with E-state index in [1.807, 2.05) is 34.6 Å². The van der Waals surface area contributed by atoms with Crippen molar-refractivity contribution in [2.45, 2.75) is 69.2 Å². The van der Waals surface area contributed by atoms with Gasteiger partial charge in [0.2, 0.25) is 0 Å². The molecule has 2 aliphatic rings. The second-order valence-electron chi connectivity index (χ2n) is 8.59. The Balaban J connectivity index is -0.000000152. The second kappa shape index (κ2) is 22.7. The van der Waals surface area contributed by atoms with E-state index < -0.39 is 0 Å². The van der Waals surface area contributed by atoms with Crippen molar-refractivity contribution in [2.24, 2.45) is 59.2 Å². The van der Waals surface area contributed by atoms with Crippen LogP contribution >= 0.6 is 19.4 Å². The van der Waals surface area contributed by atoms with Crippen LogP contribution in [0.25, 0.3) is 0 Å². The van der Waals surface area contributed by atoms with Crippen LogP contribution < -0.4 is 0 Å². The number of hydrogen-bond acceptors (Lipinski definition) is 2. The molecule has 0 unspecified atom stereocenters. The van der Waals surface area contributed by atoms with Crippen molar-refractivity contribution in [1.82, 2.24) is 0 Å². The summed E-state index contributed by atoms with van der Waals surface area (Å²) in [5.74, 6) is 9.35. The summed E-state index contributed by atoms with van der Waals surface area (Å²) in [4.78, 5) is 0. The van der Waals surface area contributed by atoms with Gasteiger partial charge in [0.05, 0.1) is 0 Å². The Kier molecular flexibility index (Phi) is 30.7. The molecular formula is C22H46Cl2Ru2S2+2. The van der Waals surface area contributed by atoms with E-state index in [1.54, 1.807) is 12.5 Å².